The molecule has 1 aliphatic heterocycles. The normalized spacial score (nSPS) is 20.6. The summed E-state index contributed by atoms with van der Waals surface area (Å²) in [7, 11) is 1.91. The van der Waals surface area contributed by atoms with Crippen LogP contribution < -0.4 is 4.90 Å². The van der Waals surface area contributed by atoms with E-state index < -0.39 is 0 Å². The van der Waals surface area contributed by atoms with Gasteiger partial charge in [-0.05, 0) is 68.0 Å². The van der Waals surface area contributed by atoms with E-state index in [1.54, 1.807) is 12.1 Å². The number of hydrogen-bond donors (Lipinski definition) is 1. The van der Waals surface area contributed by atoms with Crippen molar-refractivity contribution in [2.24, 2.45) is 5.92 Å². The highest BCUT2D eigenvalue weighted by Crippen LogP contribution is 2.42. The van der Waals surface area contributed by atoms with Crippen molar-refractivity contribution in [1.82, 2.24) is 4.98 Å². The Kier molecular flexibility index (Phi) is 5.35. The van der Waals surface area contributed by atoms with Crippen LogP contribution in [0.25, 0.3) is 11.3 Å². The third-order valence-corrected chi connectivity index (χ3v) is 6.64. The molecule has 0 radical (unpaired) electrons. The molecule has 2 aliphatic rings. The molecule has 2 aromatic rings. The molecule has 1 aliphatic carbocycles. The average Bonchev–Trinajstić information content (AvgIpc) is 2.75. The van der Waals surface area contributed by atoms with Gasteiger partial charge in [0.15, 0.2) is 0 Å². The molecule has 4 nitrogen and oxygen atoms in total. The minimum atomic E-state index is 0.0797. The van der Waals surface area contributed by atoms with E-state index >= 15 is 0 Å². The van der Waals surface area contributed by atoms with Gasteiger partial charge in [-0.15, -0.1) is 0 Å². The number of nitrogens with zero attached hydrogens (tertiary/aromatic N) is 2. The van der Waals surface area contributed by atoms with Crippen molar-refractivity contribution < 1.29 is 9.84 Å². The number of hydrogen-bond acceptors (Lipinski definition) is 4. The standard InChI is InChI=1S/C23H30N2O2/c1-27-23(19-5-3-2-4-6-19)13-15-25(16-14-23)20-9-12-22(24-17-20)18-7-10-21(26)11-8-18/h7-12,17,19,26H,2-6,13-16H2,1H3. The molecule has 144 valence electrons. The largest absolute Gasteiger partial charge is 0.508 e. The van der Waals surface area contributed by atoms with Gasteiger partial charge in [-0.25, -0.2) is 0 Å². The third-order valence-electron chi connectivity index (χ3n) is 6.64. The monoisotopic (exact) mass is 366 g/mol. The number of aromatic nitrogens is 1. The highest BCUT2D eigenvalue weighted by molar-refractivity contribution is 5.62. The Labute approximate surface area is 162 Å². The fraction of sp³-hybridized carbons (Fsp3) is 0.522. The van der Waals surface area contributed by atoms with Crippen molar-refractivity contribution in [2.45, 2.75) is 50.5 Å². The molecular formula is C23H30N2O2. The second kappa shape index (κ2) is 7.89. The topological polar surface area (TPSA) is 45.6 Å². The van der Waals surface area contributed by atoms with Gasteiger partial charge in [0.25, 0.3) is 0 Å². The second-order valence-electron chi connectivity index (χ2n) is 8.04. The summed E-state index contributed by atoms with van der Waals surface area (Å²) in [5, 5.41) is 9.44. The van der Waals surface area contributed by atoms with Crippen LogP contribution in [0.3, 0.4) is 0 Å². The van der Waals surface area contributed by atoms with E-state index in [4.69, 9.17) is 4.74 Å². The van der Waals surface area contributed by atoms with Crippen molar-refractivity contribution in [3.05, 3.63) is 42.6 Å². The molecule has 2 fully saturated rings. The summed E-state index contributed by atoms with van der Waals surface area (Å²) in [6.07, 6.45) is 11.0. The van der Waals surface area contributed by atoms with Crippen molar-refractivity contribution in [3.63, 3.8) is 0 Å². The molecule has 0 atom stereocenters. The van der Waals surface area contributed by atoms with Gasteiger partial charge in [-0.2, -0.15) is 0 Å². The minimum Gasteiger partial charge on any atom is -0.508 e. The fourth-order valence-corrected chi connectivity index (χ4v) is 4.93. The van der Waals surface area contributed by atoms with Crippen LogP contribution in [0.15, 0.2) is 42.6 Å². The Morgan fingerprint density at radius 3 is 2.30 bits per heavy atom. The quantitative estimate of drug-likeness (QED) is 0.825. The Bertz CT molecular complexity index is 728. The van der Waals surface area contributed by atoms with Gasteiger partial charge in [-0.3, -0.25) is 4.98 Å². The van der Waals surface area contributed by atoms with E-state index in [9.17, 15) is 5.11 Å². The van der Waals surface area contributed by atoms with Crippen LogP contribution >= 0.6 is 0 Å². The number of phenolic OH excluding ortho intramolecular Hbond substituents is 1. The molecule has 0 amide bonds. The van der Waals surface area contributed by atoms with E-state index in [1.807, 2.05) is 25.4 Å². The summed E-state index contributed by atoms with van der Waals surface area (Å²) < 4.78 is 6.13. The second-order valence-corrected chi connectivity index (χ2v) is 8.04. The zero-order valence-electron chi connectivity index (χ0n) is 16.2. The lowest BCUT2D eigenvalue weighted by Crippen LogP contribution is -2.50. The molecule has 27 heavy (non-hydrogen) atoms. The lowest BCUT2D eigenvalue weighted by atomic mass is 9.72. The first kappa shape index (κ1) is 18.3. The molecule has 2 heterocycles. The Morgan fingerprint density at radius 1 is 1.00 bits per heavy atom. The number of methoxy groups -OCH3 is 1. The van der Waals surface area contributed by atoms with Crippen molar-refractivity contribution in [2.75, 3.05) is 25.1 Å². The molecule has 0 bridgehead atoms. The van der Waals surface area contributed by atoms with Crippen LogP contribution in [-0.4, -0.2) is 35.9 Å². The molecule has 1 aromatic heterocycles. The third kappa shape index (κ3) is 3.81. The Balaban J connectivity index is 1.42. The lowest BCUT2D eigenvalue weighted by Gasteiger charge is -2.47. The molecular weight excluding hydrogens is 336 g/mol. The first-order valence-electron chi connectivity index (χ1n) is 10.3. The van der Waals surface area contributed by atoms with E-state index in [2.05, 4.69) is 22.0 Å². The number of ether oxygens (including phenoxy) is 1. The zero-order valence-corrected chi connectivity index (χ0v) is 16.2. The molecule has 4 heteroatoms. The minimum absolute atomic E-state index is 0.0797. The van der Waals surface area contributed by atoms with Crippen LogP contribution in [0.2, 0.25) is 0 Å². The van der Waals surface area contributed by atoms with Crippen LogP contribution in [0, 0.1) is 5.92 Å². The number of piperidine rings is 1. The summed E-state index contributed by atoms with van der Waals surface area (Å²) in [4.78, 5) is 7.08. The predicted molar refractivity (Wildman–Crippen MR) is 109 cm³/mol. The van der Waals surface area contributed by atoms with Crippen molar-refractivity contribution in [1.29, 1.82) is 0 Å². The van der Waals surface area contributed by atoms with Gasteiger partial charge < -0.3 is 14.7 Å². The highest BCUT2D eigenvalue weighted by Gasteiger charge is 2.41. The predicted octanol–water partition coefficient (Wildman–Crippen LogP) is 5.02. The van der Waals surface area contributed by atoms with Gasteiger partial charge in [-0.1, -0.05) is 19.3 Å². The van der Waals surface area contributed by atoms with Gasteiger partial charge in [0.2, 0.25) is 0 Å². The fourth-order valence-electron chi connectivity index (χ4n) is 4.93. The maximum absolute atomic E-state index is 9.44. The van der Waals surface area contributed by atoms with Crippen molar-refractivity contribution >= 4 is 5.69 Å². The maximum atomic E-state index is 9.44. The Hall–Kier alpha value is -2.07. The molecule has 1 aromatic carbocycles. The molecule has 1 N–H and O–H groups in total. The summed E-state index contributed by atoms with van der Waals surface area (Å²) >= 11 is 0. The number of pyridine rings is 1. The van der Waals surface area contributed by atoms with Gasteiger partial charge in [0, 0.05) is 25.8 Å². The summed E-state index contributed by atoms with van der Waals surface area (Å²) in [6.45, 7) is 2.06. The number of benzene rings is 1. The zero-order chi connectivity index (χ0) is 18.7. The smallest absolute Gasteiger partial charge is 0.115 e. The van der Waals surface area contributed by atoms with E-state index in [0.717, 1.165) is 43.1 Å². The number of anilines is 1. The van der Waals surface area contributed by atoms with Gasteiger partial charge in [0.1, 0.15) is 5.75 Å². The number of rotatable bonds is 4. The van der Waals surface area contributed by atoms with Gasteiger partial charge in [0.05, 0.1) is 23.2 Å². The van der Waals surface area contributed by atoms with Crippen molar-refractivity contribution in [3.8, 4) is 17.0 Å². The number of phenols is 1. The molecule has 1 saturated carbocycles. The van der Waals surface area contributed by atoms with Gasteiger partial charge >= 0.3 is 0 Å². The van der Waals surface area contributed by atoms with Crippen LogP contribution in [0.4, 0.5) is 5.69 Å². The van der Waals surface area contributed by atoms with Crippen LogP contribution in [0.5, 0.6) is 5.75 Å². The van der Waals surface area contributed by atoms with Crippen LogP contribution in [-0.2, 0) is 4.74 Å². The van der Waals surface area contributed by atoms with Crippen LogP contribution in [0.1, 0.15) is 44.9 Å². The van der Waals surface area contributed by atoms with E-state index in [-0.39, 0.29) is 11.4 Å². The molecule has 0 spiro atoms. The lowest BCUT2D eigenvalue weighted by molar-refractivity contribution is -0.0856. The average molecular weight is 367 g/mol. The molecule has 4 rings (SSSR count). The first-order chi connectivity index (χ1) is 13.2. The first-order valence-corrected chi connectivity index (χ1v) is 10.3. The summed E-state index contributed by atoms with van der Waals surface area (Å²) in [5.74, 6) is 1.01. The summed E-state index contributed by atoms with van der Waals surface area (Å²) in [5.41, 5.74) is 3.22. The molecule has 0 unspecified atom stereocenters. The van der Waals surface area contributed by atoms with E-state index in [0.29, 0.717) is 0 Å². The maximum Gasteiger partial charge on any atom is 0.115 e. The van der Waals surface area contributed by atoms with E-state index in [1.165, 1.54) is 37.8 Å². The highest BCUT2D eigenvalue weighted by atomic mass is 16.5. The SMILES string of the molecule is COC1(C2CCCCC2)CCN(c2ccc(-c3ccc(O)cc3)nc2)CC1. The molecule has 1 saturated heterocycles. The number of aromatic hydroxyl groups is 1. The summed E-state index contributed by atoms with van der Waals surface area (Å²) in [6, 6.07) is 11.4. The Morgan fingerprint density at radius 2 is 1.70 bits per heavy atom.